The first kappa shape index (κ1) is 22.9. The van der Waals surface area contributed by atoms with Crippen molar-refractivity contribution >= 4 is 5.91 Å². The minimum atomic E-state index is -4.37. The minimum Gasteiger partial charge on any atom is -0.369 e. The van der Waals surface area contributed by atoms with Crippen LogP contribution in [-0.2, 0) is 29.2 Å². The first-order valence-corrected chi connectivity index (χ1v) is 11.6. The number of hydrogen-bond acceptors (Lipinski definition) is 1. The third kappa shape index (κ3) is 3.74. The zero-order valence-corrected chi connectivity index (χ0v) is 19.1. The van der Waals surface area contributed by atoms with Gasteiger partial charge in [-0.25, -0.2) is 0 Å². The standard InChI is InChI=1S/C27H32F3NO/c1-17(2)19-7-11-22-20(15-19)8-12-23-25(22,3)13-4-14-26(23,24(31)32)16-18-5-9-21(10-6-18)27(28,29)30/h5-7,9-11,15,17,23H,4,8,12-14,16H2,1-3H3,(H2,31,32)/t23-,25-,26+/m1/s1. The molecule has 2 aromatic carbocycles. The predicted octanol–water partition coefficient (Wildman–Crippen LogP) is 6.55. The number of halogens is 3. The number of fused-ring (bicyclic) bond motifs is 3. The van der Waals surface area contributed by atoms with E-state index >= 15 is 0 Å². The molecule has 0 aromatic heterocycles. The van der Waals surface area contributed by atoms with Gasteiger partial charge in [0.2, 0.25) is 5.91 Å². The molecule has 0 bridgehead atoms. The van der Waals surface area contributed by atoms with Gasteiger partial charge in [0, 0.05) is 0 Å². The Balaban J connectivity index is 1.72. The second-order valence-corrected chi connectivity index (χ2v) is 10.3. The fraction of sp³-hybridized carbons (Fsp3) is 0.519. The quantitative estimate of drug-likeness (QED) is 0.572. The van der Waals surface area contributed by atoms with Gasteiger partial charge < -0.3 is 5.73 Å². The fourth-order valence-corrected chi connectivity index (χ4v) is 6.45. The van der Waals surface area contributed by atoms with Crippen molar-refractivity contribution in [2.75, 3.05) is 0 Å². The number of aryl methyl sites for hydroxylation is 1. The highest BCUT2D eigenvalue weighted by atomic mass is 19.4. The first-order valence-electron chi connectivity index (χ1n) is 11.6. The summed E-state index contributed by atoms with van der Waals surface area (Å²) in [5, 5.41) is 0. The monoisotopic (exact) mass is 443 g/mol. The van der Waals surface area contributed by atoms with Gasteiger partial charge in [-0.05, 0) is 83.7 Å². The number of amides is 1. The molecular weight excluding hydrogens is 411 g/mol. The average Bonchev–Trinajstić information content (AvgIpc) is 2.72. The second kappa shape index (κ2) is 7.93. The molecule has 172 valence electrons. The number of alkyl halides is 3. The van der Waals surface area contributed by atoms with Gasteiger partial charge in [-0.3, -0.25) is 4.79 Å². The largest absolute Gasteiger partial charge is 0.416 e. The van der Waals surface area contributed by atoms with Crippen LogP contribution >= 0.6 is 0 Å². The summed E-state index contributed by atoms with van der Waals surface area (Å²) < 4.78 is 39.0. The van der Waals surface area contributed by atoms with Crippen molar-refractivity contribution in [1.29, 1.82) is 0 Å². The third-order valence-corrected chi connectivity index (χ3v) is 8.16. The third-order valence-electron chi connectivity index (χ3n) is 8.16. The number of primary amides is 1. The molecule has 0 spiro atoms. The molecule has 2 N–H and O–H groups in total. The molecule has 2 aliphatic carbocycles. The zero-order valence-electron chi connectivity index (χ0n) is 19.1. The Kier molecular flexibility index (Phi) is 5.67. The highest BCUT2D eigenvalue weighted by Crippen LogP contribution is 2.58. The van der Waals surface area contributed by atoms with Gasteiger partial charge in [0.15, 0.2) is 0 Å². The fourth-order valence-electron chi connectivity index (χ4n) is 6.45. The number of nitrogens with two attached hydrogens (primary N) is 1. The lowest BCUT2D eigenvalue weighted by Gasteiger charge is -2.55. The number of carbonyl (C=O) groups is 1. The summed E-state index contributed by atoms with van der Waals surface area (Å²) >= 11 is 0. The molecule has 32 heavy (non-hydrogen) atoms. The number of benzene rings is 2. The number of carbonyl (C=O) groups excluding carboxylic acids is 1. The van der Waals surface area contributed by atoms with E-state index in [0.717, 1.165) is 43.4 Å². The lowest BCUT2D eigenvalue weighted by atomic mass is 9.48. The lowest BCUT2D eigenvalue weighted by molar-refractivity contribution is -0.138. The van der Waals surface area contributed by atoms with Crippen LogP contribution in [0.25, 0.3) is 0 Å². The highest BCUT2D eigenvalue weighted by molar-refractivity contribution is 5.82. The molecule has 2 aromatic rings. The molecule has 2 aliphatic rings. The minimum absolute atomic E-state index is 0.0703. The molecule has 0 aliphatic heterocycles. The molecule has 0 unspecified atom stereocenters. The maximum atomic E-state index is 13.0. The van der Waals surface area contributed by atoms with Crippen LogP contribution in [0.3, 0.4) is 0 Å². The molecular formula is C27H32F3NO. The van der Waals surface area contributed by atoms with Crippen LogP contribution < -0.4 is 5.73 Å². The topological polar surface area (TPSA) is 43.1 Å². The number of hydrogen-bond donors (Lipinski definition) is 1. The molecule has 1 saturated carbocycles. The summed E-state index contributed by atoms with van der Waals surface area (Å²) in [4.78, 5) is 13.0. The molecule has 5 heteroatoms. The summed E-state index contributed by atoms with van der Waals surface area (Å²) in [5.41, 5.74) is 9.24. The Morgan fingerprint density at radius 2 is 1.81 bits per heavy atom. The molecule has 0 saturated heterocycles. The summed E-state index contributed by atoms with van der Waals surface area (Å²) in [7, 11) is 0. The van der Waals surface area contributed by atoms with Crippen molar-refractivity contribution < 1.29 is 18.0 Å². The van der Waals surface area contributed by atoms with Gasteiger partial charge in [0.25, 0.3) is 0 Å². The molecule has 1 fully saturated rings. The highest BCUT2D eigenvalue weighted by Gasteiger charge is 2.56. The van der Waals surface area contributed by atoms with E-state index in [1.807, 2.05) is 0 Å². The van der Waals surface area contributed by atoms with Crippen molar-refractivity contribution in [3.05, 3.63) is 70.3 Å². The van der Waals surface area contributed by atoms with Crippen LogP contribution in [-0.4, -0.2) is 5.91 Å². The Labute approximate surface area is 188 Å². The summed E-state index contributed by atoms with van der Waals surface area (Å²) in [5.74, 6) is 0.207. The Morgan fingerprint density at radius 3 is 2.41 bits per heavy atom. The summed E-state index contributed by atoms with van der Waals surface area (Å²) in [6.45, 7) is 6.64. The van der Waals surface area contributed by atoms with Crippen LogP contribution in [0.4, 0.5) is 13.2 Å². The first-order chi connectivity index (χ1) is 15.0. The van der Waals surface area contributed by atoms with Crippen LogP contribution in [0.1, 0.15) is 80.2 Å². The normalized spacial score (nSPS) is 27.7. The average molecular weight is 444 g/mol. The molecule has 0 heterocycles. The van der Waals surface area contributed by atoms with E-state index in [9.17, 15) is 18.0 Å². The van der Waals surface area contributed by atoms with Crippen molar-refractivity contribution in [2.45, 2.75) is 76.8 Å². The van der Waals surface area contributed by atoms with Crippen LogP contribution in [0.5, 0.6) is 0 Å². The van der Waals surface area contributed by atoms with Gasteiger partial charge in [-0.2, -0.15) is 13.2 Å². The van der Waals surface area contributed by atoms with Gasteiger partial charge in [0.1, 0.15) is 0 Å². The van der Waals surface area contributed by atoms with Gasteiger partial charge in [-0.15, -0.1) is 0 Å². The molecule has 4 rings (SSSR count). The Morgan fingerprint density at radius 1 is 1.12 bits per heavy atom. The predicted molar refractivity (Wildman–Crippen MR) is 120 cm³/mol. The summed E-state index contributed by atoms with van der Waals surface area (Å²) in [6, 6.07) is 12.0. The molecule has 1 amide bonds. The molecule has 0 radical (unpaired) electrons. The van der Waals surface area contributed by atoms with E-state index in [2.05, 4.69) is 39.0 Å². The van der Waals surface area contributed by atoms with E-state index in [0.29, 0.717) is 18.8 Å². The maximum Gasteiger partial charge on any atom is 0.416 e. The van der Waals surface area contributed by atoms with E-state index in [4.69, 9.17) is 5.73 Å². The van der Waals surface area contributed by atoms with Gasteiger partial charge in [0.05, 0.1) is 11.0 Å². The Bertz CT molecular complexity index is 1010. The molecule has 3 atom stereocenters. The van der Waals surface area contributed by atoms with Crippen LogP contribution in [0.15, 0.2) is 42.5 Å². The molecule has 2 nitrogen and oxygen atoms in total. The van der Waals surface area contributed by atoms with Crippen molar-refractivity contribution in [3.8, 4) is 0 Å². The lowest BCUT2D eigenvalue weighted by Crippen LogP contribution is -2.56. The SMILES string of the molecule is CC(C)c1ccc2c(c1)CC[C@H]1[C@](Cc3ccc(C(F)(F)F)cc3)(C(N)=O)CCC[C@]21C. The smallest absolute Gasteiger partial charge is 0.369 e. The van der Waals surface area contributed by atoms with Crippen molar-refractivity contribution in [1.82, 2.24) is 0 Å². The van der Waals surface area contributed by atoms with Crippen LogP contribution in [0.2, 0.25) is 0 Å². The van der Waals surface area contributed by atoms with Gasteiger partial charge in [-0.1, -0.05) is 57.5 Å². The van der Waals surface area contributed by atoms with E-state index in [1.165, 1.54) is 28.8 Å². The zero-order chi connectivity index (χ0) is 23.3. The number of rotatable bonds is 4. The summed E-state index contributed by atoms with van der Waals surface area (Å²) in [6.07, 6.45) is 0.344. The van der Waals surface area contributed by atoms with E-state index in [1.54, 1.807) is 0 Å². The maximum absolute atomic E-state index is 13.0. The van der Waals surface area contributed by atoms with Crippen LogP contribution in [0, 0.1) is 11.3 Å². The van der Waals surface area contributed by atoms with Gasteiger partial charge >= 0.3 is 6.18 Å². The van der Waals surface area contributed by atoms with E-state index < -0.39 is 17.2 Å². The van der Waals surface area contributed by atoms with Crippen molar-refractivity contribution in [3.63, 3.8) is 0 Å². The van der Waals surface area contributed by atoms with E-state index in [-0.39, 0.29) is 17.2 Å². The van der Waals surface area contributed by atoms with Crippen molar-refractivity contribution in [2.24, 2.45) is 17.1 Å². The Hall–Kier alpha value is -2.30. The second-order valence-electron chi connectivity index (χ2n) is 10.3.